The molecule has 2 aromatic carbocycles. The number of hydrogen-bond acceptors (Lipinski definition) is 4. The molecule has 0 amide bonds. The number of benzene rings is 2. The van der Waals surface area contributed by atoms with Gasteiger partial charge in [0.05, 0.1) is 11.2 Å². The zero-order valence-electron chi connectivity index (χ0n) is 16.6. The van der Waals surface area contributed by atoms with Crippen LogP contribution in [0.2, 0.25) is 0 Å². The lowest BCUT2D eigenvalue weighted by atomic mass is 9.97. The third kappa shape index (κ3) is 3.94. The molecule has 0 saturated carbocycles. The van der Waals surface area contributed by atoms with Crippen molar-refractivity contribution in [1.29, 1.82) is 0 Å². The maximum absolute atomic E-state index is 13.7. The van der Waals surface area contributed by atoms with Gasteiger partial charge in [0.2, 0.25) is 0 Å². The molecule has 146 valence electrons. The summed E-state index contributed by atoms with van der Waals surface area (Å²) in [6.07, 6.45) is 5.56. The van der Waals surface area contributed by atoms with Gasteiger partial charge in [-0.05, 0) is 60.9 Å². The molecule has 2 heterocycles. The van der Waals surface area contributed by atoms with E-state index in [2.05, 4.69) is 33.3 Å². The predicted molar refractivity (Wildman–Crippen MR) is 116 cm³/mol. The van der Waals surface area contributed by atoms with E-state index < -0.39 is 0 Å². The molecule has 0 saturated heterocycles. The summed E-state index contributed by atoms with van der Waals surface area (Å²) in [6, 6.07) is 15.2. The summed E-state index contributed by atoms with van der Waals surface area (Å²) < 4.78 is 13.7. The van der Waals surface area contributed by atoms with Crippen molar-refractivity contribution in [2.75, 3.05) is 11.9 Å². The number of nitrogens with one attached hydrogen (secondary N) is 1. The molecule has 4 aromatic rings. The summed E-state index contributed by atoms with van der Waals surface area (Å²) in [5.41, 5.74) is 5.23. The Labute approximate surface area is 169 Å². The molecule has 0 unspecified atom stereocenters. The first kappa shape index (κ1) is 19.0. The van der Waals surface area contributed by atoms with Crippen molar-refractivity contribution in [3.8, 4) is 22.4 Å². The van der Waals surface area contributed by atoms with E-state index in [0.717, 1.165) is 58.5 Å². The SMILES string of the molecule is CCCCNc1ncnc2ccc(-c3cccnc3-c3ccc(F)c(C)c3)cc12. The Bertz CT molecular complexity index is 1160. The van der Waals surface area contributed by atoms with Gasteiger partial charge in [0.15, 0.2) is 0 Å². The van der Waals surface area contributed by atoms with Crippen molar-refractivity contribution in [2.24, 2.45) is 0 Å². The van der Waals surface area contributed by atoms with E-state index >= 15 is 0 Å². The van der Waals surface area contributed by atoms with Crippen molar-refractivity contribution >= 4 is 16.7 Å². The molecular weight excluding hydrogens is 363 g/mol. The largest absolute Gasteiger partial charge is 0.369 e. The van der Waals surface area contributed by atoms with Gasteiger partial charge in [-0.15, -0.1) is 0 Å². The van der Waals surface area contributed by atoms with Crippen LogP contribution in [0.15, 0.2) is 61.1 Å². The van der Waals surface area contributed by atoms with Crippen molar-refractivity contribution < 1.29 is 4.39 Å². The molecular formula is C24H23FN4. The van der Waals surface area contributed by atoms with Crippen LogP contribution >= 0.6 is 0 Å². The first-order valence-corrected chi connectivity index (χ1v) is 9.88. The summed E-state index contributed by atoms with van der Waals surface area (Å²) in [4.78, 5) is 13.4. The Morgan fingerprint density at radius 1 is 0.966 bits per heavy atom. The molecule has 2 aromatic heterocycles. The molecule has 0 fully saturated rings. The first-order chi connectivity index (χ1) is 14.2. The molecule has 0 aliphatic heterocycles. The zero-order valence-corrected chi connectivity index (χ0v) is 16.6. The van der Waals surface area contributed by atoms with Gasteiger partial charge in [0, 0.05) is 29.3 Å². The molecule has 0 radical (unpaired) electrons. The number of rotatable bonds is 6. The van der Waals surface area contributed by atoms with Gasteiger partial charge < -0.3 is 5.32 Å². The van der Waals surface area contributed by atoms with Crippen LogP contribution < -0.4 is 5.32 Å². The lowest BCUT2D eigenvalue weighted by Gasteiger charge is -2.12. The fraction of sp³-hybridized carbons (Fsp3) is 0.208. The Kier molecular flexibility index (Phi) is 5.47. The minimum Gasteiger partial charge on any atom is -0.369 e. The van der Waals surface area contributed by atoms with Gasteiger partial charge in [0.25, 0.3) is 0 Å². The summed E-state index contributed by atoms with van der Waals surface area (Å²) in [6.45, 7) is 4.81. The number of nitrogens with zero attached hydrogens (tertiary/aromatic N) is 3. The highest BCUT2D eigenvalue weighted by Crippen LogP contribution is 2.33. The van der Waals surface area contributed by atoms with Crippen LogP contribution in [0.5, 0.6) is 0 Å². The van der Waals surface area contributed by atoms with Crippen LogP contribution in [0.4, 0.5) is 10.2 Å². The lowest BCUT2D eigenvalue weighted by molar-refractivity contribution is 0.619. The Morgan fingerprint density at radius 2 is 1.83 bits per heavy atom. The maximum atomic E-state index is 13.7. The van der Waals surface area contributed by atoms with Crippen LogP contribution in [0.25, 0.3) is 33.3 Å². The number of anilines is 1. The van der Waals surface area contributed by atoms with Crippen LogP contribution in [-0.4, -0.2) is 21.5 Å². The number of hydrogen-bond donors (Lipinski definition) is 1. The van der Waals surface area contributed by atoms with Crippen molar-refractivity contribution in [1.82, 2.24) is 15.0 Å². The number of aromatic nitrogens is 3. The molecule has 0 bridgehead atoms. The van der Waals surface area contributed by atoms with E-state index in [0.29, 0.717) is 5.56 Å². The van der Waals surface area contributed by atoms with E-state index in [1.165, 1.54) is 6.07 Å². The van der Waals surface area contributed by atoms with Gasteiger partial charge in [0.1, 0.15) is 18.0 Å². The zero-order chi connectivity index (χ0) is 20.2. The summed E-state index contributed by atoms with van der Waals surface area (Å²) in [5, 5.41) is 4.40. The second-order valence-electron chi connectivity index (χ2n) is 7.10. The third-order valence-electron chi connectivity index (χ3n) is 5.01. The van der Waals surface area contributed by atoms with Gasteiger partial charge in [-0.25, -0.2) is 14.4 Å². The van der Waals surface area contributed by atoms with Crippen LogP contribution in [-0.2, 0) is 0 Å². The first-order valence-electron chi connectivity index (χ1n) is 9.88. The molecule has 0 spiro atoms. The molecule has 29 heavy (non-hydrogen) atoms. The second kappa shape index (κ2) is 8.35. The second-order valence-corrected chi connectivity index (χ2v) is 7.10. The molecule has 0 aliphatic rings. The number of aryl methyl sites for hydroxylation is 1. The average Bonchev–Trinajstić information content (AvgIpc) is 2.76. The van der Waals surface area contributed by atoms with E-state index in [9.17, 15) is 4.39 Å². The van der Waals surface area contributed by atoms with Gasteiger partial charge in [-0.2, -0.15) is 0 Å². The highest BCUT2D eigenvalue weighted by atomic mass is 19.1. The van der Waals surface area contributed by atoms with Crippen molar-refractivity contribution in [2.45, 2.75) is 26.7 Å². The maximum Gasteiger partial charge on any atom is 0.137 e. The summed E-state index contributed by atoms with van der Waals surface area (Å²) in [5.74, 6) is 0.630. The van der Waals surface area contributed by atoms with E-state index in [4.69, 9.17) is 0 Å². The Morgan fingerprint density at radius 3 is 2.66 bits per heavy atom. The normalized spacial score (nSPS) is 11.0. The van der Waals surface area contributed by atoms with Gasteiger partial charge in [-0.3, -0.25) is 4.98 Å². The highest BCUT2D eigenvalue weighted by Gasteiger charge is 2.12. The van der Waals surface area contributed by atoms with E-state index in [1.54, 1.807) is 25.5 Å². The van der Waals surface area contributed by atoms with Crippen LogP contribution in [0, 0.1) is 12.7 Å². The summed E-state index contributed by atoms with van der Waals surface area (Å²) >= 11 is 0. The minimum atomic E-state index is -0.211. The van der Waals surface area contributed by atoms with E-state index in [-0.39, 0.29) is 5.82 Å². The summed E-state index contributed by atoms with van der Waals surface area (Å²) in [7, 11) is 0. The fourth-order valence-electron chi connectivity index (χ4n) is 3.41. The topological polar surface area (TPSA) is 50.7 Å². The molecule has 1 N–H and O–H groups in total. The van der Waals surface area contributed by atoms with Crippen LogP contribution in [0.1, 0.15) is 25.3 Å². The number of unbranched alkanes of at least 4 members (excludes halogenated alkanes) is 1. The van der Waals surface area contributed by atoms with Gasteiger partial charge >= 0.3 is 0 Å². The molecule has 5 heteroatoms. The standard InChI is InChI=1S/C24H23FN4/c1-3-4-11-27-24-20-14-17(8-10-22(20)28-15-29-24)19-6-5-12-26-23(19)18-7-9-21(25)16(2)13-18/h5-10,12-15H,3-4,11H2,1-2H3,(H,27,28,29). The quantitative estimate of drug-likeness (QED) is 0.412. The molecule has 4 nitrogen and oxygen atoms in total. The lowest BCUT2D eigenvalue weighted by Crippen LogP contribution is -2.04. The predicted octanol–water partition coefficient (Wildman–Crippen LogP) is 6.02. The van der Waals surface area contributed by atoms with Crippen LogP contribution in [0.3, 0.4) is 0 Å². The van der Waals surface area contributed by atoms with Crippen molar-refractivity contribution in [3.05, 3.63) is 72.4 Å². The van der Waals surface area contributed by atoms with Gasteiger partial charge in [-0.1, -0.05) is 25.5 Å². The monoisotopic (exact) mass is 386 g/mol. The number of pyridine rings is 1. The van der Waals surface area contributed by atoms with Crippen molar-refractivity contribution in [3.63, 3.8) is 0 Å². The molecule has 0 aliphatic carbocycles. The third-order valence-corrected chi connectivity index (χ3v) is 5.01. The smallest absolute Gasteiger partial charge is 0.137 e. The Hall–Kier alpha value is -3.34. The highest BCUT2D eigenvalue weighted by molar-refractivity contribution is 5.94. The number of halogens is 1. The molecule has 0 atom stereocenters. The Balaban J connectivity index is 1.81. The molecule has 4 rings (SSSR count). The number of fused-ring (bicyclic) bond motifs is 1. The van der Waals surface area contributed by atoms with E-state index in [1.807, 2.05) is 30.3 Å². The average molecular weight is 386 g/mol. The minimum absolute atomic E-state index is 0.211. The fourth-order valence-corrected chi connectivity index (χ4v) is 3.41.